The molecule has 13 heavy (non-hydrogen) atoms. The highest BCUT2D eigenvalue weighted by Gasteiger charge is 2.08. The third-order valence-corrected chi connectivity index (χ3v) is 1.97. The summed E-state index contributed by atoms with van der Waals surface area (Å²) in [5.74, 6) is -1.66. The summed E-state index contributed by atoms with van der Waals surface area (Å²) < 4.78 is 25.9. The number of benzene rings is 1. The van der Waals surface area contributed by atoms with Crippen molar-refractivity contribution in [2.45, 2.75) is 6.54 Å². The molecule has 1 heterocycles. The lowest BCUT2D eigenvalue weighted by Crippen LogP contribution is -1.94. The average molecular weight is 182 g/mol. The Balaban J connectivity index is 2.76. The van der Waals surface area contributed by atoms with Crippen molar-refractivity contribution >= 4 is 10.9 Å². The summed E-state index contributed by atoms with van der Waals surface area (Å²) in [5, 5.41) is 0.250. The molecule has 4 heteroatoms. The Morgan fingerprint density at radius 3 is 2.77 bits per heavy atom. The molecule has 0 aliphatic rings. The number of fused-ring (bicyclic) bond motifs is 1. The molecular formula is C9H8F2N2. The highest BCUT2D eigenvalue weighted by molar-refractivity contribution is 5.81. The van der Waals surface area contributed by atoms with Gasteiger partial charge in [-0.2, -0.15) is 0 Å². The summed E-state index contributed by atoms with van der Waals surface area (Å²) in [6, 6.07) is 4.11. The molecule has 68 valence electrons. The van der Waals surface area contributed by atoms with Gasteiger partial charge in [0, 0.05) is 23.1 Å². The van der Waals surface area contributed by atoms with Gasteiger partial charge >= 0.3 is 0 Å². The maximum absolute atomic E-state index is 13.1. The van der Waals surface area contributed by atoms with Gasteiger partial charge in [0.1, 0.15) is 0 Å². The molecule has 0 bridgehead atoms. The van der Waals surface area contributed by atoms with Gasteiger partial charge in [0.25, 0.3) is 0 Å². The third-order valence-electron chi connectivity index (χ3n) is 1.97. The number of hydrogen-bond acceptors (Lipinski definition) is 1. The van der Waals surface area contributed by atoms with Crippen molar-refractivity contribution in [3.05, 3.63) is 35.5 Å². The van der Waals surface area contributed by atoms with Crippen LogP contribution in [0.4, 0.5) is 8.78 Å². The molecule has 0 fully saturated rings. The number of aromatic amines is 1. The molecule has 0 radical (unpaired) electrons. The molecule has 2 aromatic rings. The maximum Gasteiger partial charge on any atom is 0.168 e. The predicted octanol–water partition coefficient (Wildman–Crippen LogP) is 1.90. The largest absolute Gasteiger partial charge is 0.357 e. The number of rotatable bonds is 1. The lowest BCUT2D eigenvalue weighted by Gasteiger charge is -1.92. The van der Waals surface area contributed by atoms with Crippen LogP contribution in [-0.4, -0.2) is 4.98 Å². The molecule has 3 N–H and O–H groups in total. The summed E-state index contributed by atoms with van der Waals surface area (Å²) in [6.45, 7) is 0.287. The molecule has 0 aliphatic heterocycles. The van der Waals surface area contributed by atoms with E-state index in [-0.39, 0.29) is 11.9 Å². The molecule has 0 spiro atoms. The van der Waals surface area contributed by atoms with Crippen LogP contribution in [0, 0.1) is 11.6 Å². The summed E-state index contributed by atoms with van der Waals surface area (Å²) >= 11 is 0. The highest BCUT2D eigenvalue weighted by atomic mass is 19.2. The molecule has 1 aromatic heterocycles. The van der Waals surface area contributed by atoms with E-state index in [0.29, 0.717) is 11.2 Å². The Kier molecular flexibility index (Phi) is 1.77. The van der Waals surface area contributed by atoms with Crippen molar-refractivity contribution in [2.24, 2.45) is 5.73 Å². The second-order valence-corrected chi connectivity index (χ2v) is 2.82. The molecule has 0 atom stereocenters. The van der Waals surface area contributed by atoms with E-state index < -0.39 is 11.6 Å². The quantitative estimate of drug-likeness (QED) is 0.694. The van der Waals surface area contributed by atoms with Crippen molar-refractivity contribution in [1.82, 2.24) is 4.98 Å². The summed E-state index contributed by atoms with van der Waals surface area (Å²) in [7, 11) is 0. The standard InChI is InChI=1S/C9H8F2N2/c10-7-1-2-8-6(9(7)11)3-5(4-12)13-8/h1-3,13H,4,12H2. The first kappa shape index (κ1) is 8.19. The van der Waals surface area contributed by atoms with Crippen molar-refractivity contribution in [3.8, 4) is 0 Å². The van der Waals surface area contributed by atoms with Gasteiger partial charge in [-0.05, 0) is 18.2 Å². The minimum absolute atomic E-state index is 0.250. The van der Waals surface area contributed by atoms with Crippen LogP contribution in [-0.2, 0) is 6.54 Å². The first-order valence-corrected chi connectivity index (χ1v) is 3.88. The molecule has 0 saturated carbocycles. The van der Waals surface area contributed by atoms with E-state index in [2.05, 4.69) is 4.98 Å². The van der Waals surface area contributed by atoms with Gasteiger partial charge in [-0.25, -0.2) is 8.78 Å². The lowest BCUT2D eigenvalue weighted by atomic mass is 10.2. The molecular weight excluding hydrogens is 174 g/mol. The third kappa shape index (κ3) is 1.19. The summed E-state index contributed by atoms with van der Waals surface area (Å²) in [6.07, 6.45) is 0. The van der Waals surface area contributed by atoms with Gasteiger partial charge in [-0.3, -0.25) is 0 Å². The summed E-state index contributed by atoms with van der Waals surface area (Å²) in [5.41, 5.74) is 6.62. The van der Waals surface area contributed by atoms with E-state index in [1.54, 1.807) is 0 Å². The normalized spacial score (nSPS) is 11.0. The van der Waals surface area contributed by atoms with Gasteiger partial charge in [-0.15, -0.1) is 0 Å². The zero-order chi connectivity index (χ0) is 9.42. The van der Waals surface area contributed by atoms with Crippen LogP contribution in [0.25, 0.3) is 10.9 Å². The molecule has 2 rings (SSSR count). The first-order valence-electron chi connectivity index (χ1n) is 3.88. The van der Waals surface area contributed by atoms with Crippen LogP contribution in [0.1, 0.15) is 5.69 Å². The van der Waals surface area contributed by atoms with Crippen LogP contribution in [0.3, 0.4) is 0 Å². The van der Waals surface area contributed by atoms with Crippen LogP contribution >= 0.6 is 0 Å². The number of hydrogen-bond donors (Lipinski definition) is 2. The van der Waals surface area contributed by atoms with Crippen molar-refractivity contribution in [1.29, 1.82) is 0 Å². The van der Waals surface area contributed by atoms with Crippen molar-refractivity contribution in [3.63, 3.8) is 0 Å². The molecule has 2 nitrogen and oxygen atoms in total. The zero-order valence-corrected chi connectivity index (χ0v) is 6.77. The fraction of sp³-hybridized carbons (Fsp3) is 0.111. The van der Waals surface area contributed by atoms with Gasteiger partial charge in [-0.1, -0.05) is 0 Å². The molecule has 0 unspecified atom stereocenters. The minimum Gasteiger partial charge on any atom is -0.357 e. The Labute approximate surface area is 73.4 Å². The Hall–Kier alpha value is -1.42. The lowest BCUT2D eigenvalue weighted by molar-refractivity contribution is 0.517. The first-order chi connectivity index (χ1) is 6.22. The maximum atomic E-state index is 13.1. The van der Waals surface area contributed by atoms with Crippen LogP contribution in [0.15, 0.2) is 18.2 Å². The Morgan fingerprint density at radius 1 is 1.31 bits per heavy atom. The molecule has 0 saturated heterocycles. The minimum atomic E-state index is -0.838. The van der Waals surface area contributed by atoms with Crippen LogP contribution < -0.4 is 5.73 Å². The summed E-state index contributed by atoms with van der Waals surface area (Å²) in [4.78, 5) is 2.88. The average Bonchev–Trinajstić information content (AvgIpc) is 2.55. The number of aromatic nitrogens is 1. The van der Waals surface area contributed by atoms with Gasteiger partial charge in [0.15, 0.2) is 11.6 Å². The van der Waals surface area contributed by atoms with Crippen molar-refractivity contribution < 1.29 is 8.78 Å². The molecule has 0 amide bonds. The second-order valence-electron chi connectivity index (χ2n) is 2.82. The molecule has 1 aromatic carbocycles. The monoisotopic (exact) mass is 182 g/mol. The van der Waals surface area contributed by atoms with Gasteiger partial charge in [0.05, 0.1) is 0 Å². The number of nitrogens with two attached hydrogens (primary N) is 1. The van der Waals surface area contributed by atoms with E-state index in [1.807, 2.05) is 0 Å². The Bertz CT molecular complexity index is 448. The topological polar surface area (TPSA) is 41.8 Å². The van der Waals surface area contributed by atoms with E-state index in [4.69, 9.17) is 5.73 Å². The fourth-order valence-electron chi connectivity index (χ4n) is 1.31. The number of halogens is 2. The number of H-pyrrole nitrogens is 1. The van der Waals surface area contributed by atoms with Crippen molar-refractivity contribution in [2.75, 3.05) is 0 Å². The number of nitrogens with one attached hydrogen (secondary N) is 1. The Morgan fingerprint density at radius 2 is 2.08 bits per heavy atom. The fourth-order valence-corrected chi connectivity index (χ4v) is 1.31. The van der Waals surface area contributed by atoms with Gasteiger partial charge < -0.3 is 10.7 Å². The van der Waals surface area contributed by atoms with Gasteiger partial charge in [0.2, 0.25) is 0 Å². The van der Waals surface area contributed by atoms with Crippen LogP contribution in [0.2, 0.25) is 0 Å². The van der Waals surface area contributed by atoms with E-state index in [9.17, 15) is 8.78 Å². The smallest absolute Gasteiger partial charge is 0.168 e. The molecule has 0 aliphatic carbocycles. The second kappa shape index (κ2) is 2.81. The zero-order valence-electron chi connectivity index (χ0n) is 6.77. The van der Waals surface area contributed by atoms with E-state index in [1.165, 1.54) is 12.1 Å². The predicted molar refractivity (Wildman–Crippen MR) is 46.1 cm³/mol. The SMILES string of the molecule is NCc1cc2c(F)c(F)ccc2[nH]1. The highest BCUT2D eigenvalue weighted by Crippen LogP contribution is 2.20. The van der Waals surface area contributed by atoms with E-state index in [0.717, 1.165) is 6.07 Å². The van der Waals surface area contributed by atoms with E-state index >= 15 is 0 Å². The van der Waals surface area contributed by atoms with Crippen LogP contribution in [0.5, 0.6) is 0 Å².